The van der Waals surface area contributed by atoms with Crippen LogP contribution in [0.4, 0.5) is 0 Å². The average Bonchev–Trinajstić information content (AvgIpc) is 1.88. The summed E-state index contributed by atoms with van der Waals surface area (Å²) in [6.45, 7) is 8.20. The molecular formula is C6H6FeO-2. The molecule has 0 spiro atoms. The molecule has 2 heteroatoms. The van der Waals surface area contributed by atoms with E-state index in [0.29, 0.717) is 0 Å². The molecule has 0 aromatic rings. The fraction of sp³-hybridized carbons (Fsp3) is 0. The van der Waals surface area contributed by atoms with E-state index < -0.39 is 0 Å². The van der Waals surface area contributed by atoms with Crippen LogP contribution in [0.15, 0.2) is 18.2 Å². The number of hydrogen-bond donors (Lipinski definition) is 0. The first-order valence-electron chi connectivity index (χ1n) is 1.77. The molecule has 0 aliphatic heterocycles. The third-order valence-corrected chi connectivity index (χ3v) is 0.503. The minimum Gasteiger partial charge on any atom is -0.545 e. The van der Waals surface area contributed by atoms with Crippen LogP contribution in [0.2, 0.25) is 0 Å². The molecule has 46 valence electrons. The maximum Gasteiger partial charge on any atom is -0.282 e. The van der Waals surface area contributed by atoms with E-state index in [-0.39, 0.29) is 0 Å². The summed E-state index contributed by atoms with van der Waals surface area (Å²) in [6.07, 6.45) is 4.94. The van der Waals surface area contributed by atoms with Crippen LogP contribution >= 0.6 is 0 Å². The summed E-state index contributed by atoms with van der Waals surface area (Å²) in [4.78, 5) is 9.42. The molecule has 0 saturated heterocycles. The zero-order valence-electron chi connectivity index (χ0n) is 4.23. The molecule has 0 amide bonds. The Bertz CT molecular complexity index is 76.5. The van der Waals surface area contributed by atoms with Crippen LogP contribution < -0.4 is 0 Å². The van der Waals surface area contributed by atoms with Crippen molar-refractivity contribution in [1.82, 2.24) is 0 Å². The van der Waals surface area contributed by atoms with Gasteiger partial charge in [-0.2, -0.15) is 0 Å². The maximum atomic E-state index is 7.75. The van der Waals surface area contributed by atoms with Crippen LogP contribution in [0.1, 0.15) is 0 Å². The molecule has 8 heavy (non-hydrogen) atoms. The molecule has 0 rings (SSSR count). The van der Waals surface area contributed by atoms with Gasteiger partial charge in [0, 0.05) is 0 Å². The topological polar surface area (TPSA) is 17.1 Å². The van der Waals surface area contributed by atoms with Crippen LogP contribution in [0, 0.1) is 6.58 Å². The second-order valence-electron chi connectivity index (χ2n) is 0.695. The van der Waals surface area contributed by atoms with Crippen molar-refractivity contribution < 1.29 is 20.4 Å². The molecule has 1 nitrogen and oxygen atoms in total. The molecule has 0 aromatic carbocycles. The minimum atomic E-state index is 1.46. The smallest absolute Gasteiger partial charge is 0.282 e. The molecule has 0 bridgehead atoms. The third kappa shape index (κ3) is 17.7. The average molecular weight is 150 g/mol. The number of carbonyl (C=O) groups excluding carboxylic acids is 1. The van der Waals surface area contributed by atoms with E-state index >= 15 is 0 Å². The Balaban J connectivity index is 0. The first kappa shape index (κ1) is 10.5. The van der Waals surface area contributed by atoms with Crippen molar-refractivity contribution in [3.63, 3.8) is 0 Å². The van der Waals surface area contributed by atoms with Crippen molar-refractivity contribution in [2.75, 3.05) is 0 Å². The molecule has 0 aliphatic rings. The molecule has 0 unspecified atom stereocenters. The molecule has 0 fully saturated rings. The van der Waals surface area contributed by atoms with E-state index in [1.807, 2.05) is 0 Å². The SMILES string of the molecule is [CH-]=C/C=C\[CH]=[Fe].[CH-]=O. The normalized spacial score (nSPS) is 7.12. The van der Waals surface area contributed by atoms with Gasteiger partial charge in [0.25, 0.3) is 0 Å². The summed E-state index contributed by atoms with van der Waals surface area (Å²) in [6, 6.07) is 0. The monoisotopic (exact) mass is 150 g/mol. The summed E-state index contributed by atoms with van der Waals surface area (Å²) in [5.41, 5.74) is 0. The Hall–Kier alpha value is -0.461. The predicted octanol–water partition coefficient (Wildman–Crippen LogP) is 0.607. The quantitative estimate of drug-likeness (QED) is 0.244. The zero-order chi connectivity index (χ0) is 6.83. The van der Waals surface area contributed by atoms with Crippen LogP contribution in [0.3, 0.4) is 0 Å². The molecular weight excluding hydrogens is 144 g/mol. The first-order chi connectivity index (χ1) is 3.91. The van der Waals surface area contributed by atoms with Gasteiger partial charge in [-0.1, -0.05) is 0 Å². The Morgan fingerprint density at radius 3 is 1.88 bits per heavy atom. The molecule has 0 radical (unpaired) electrons. The fourth-order valence-corrected chi connectivity index (χ4v) is 0.226. The van der Waals surface area contributed by atoms with Gasteiger partial charge in [0.1, 0.15) is 0 Å². The van der Waals surface area contributed by atoms with Gasteiger partial charge in [-0.05, 0) is 0 Å². The van der Waals surface area contributed by atoms with Gasteiger partial charge in [-0.3, -0.25) is 6.79 Å². The summed E-state index contributed by atoms with van der Waals surface area (Å²) in [7, 11) is 0. The largest absolute Gasteiger partial charge is 0.545 e. The Morgan fingerprint density at radius 1 is 1.25 bits per heavy atom. The summed E-state index contributed by atoms with van der Waals surface area (Å²) >= 11 is 3.44. The Labute approximate surface area is 57.5 Å². The number of rotatable bonds is 2. The molecule has 0 N–H and O–H groups in total. The number of allylic oxidation sites excluding steroid dienone is 3. The van der Waals surface area contributed by atoms with Gasteiger partial charge < -0.3 is 4.79 Å². The maximum absolute atomic E-state index is 7.75. The van der Waals surface area contributed by atoms with Crippen LogP contribution in [-0.2, 0) is 20.4 Å². The first-order valence-corrected chi connectivity index (χ1v) is 2.41. The van der Waals surface area contributed by atoms with Crippen molar-refractivity contribution in [2.45, 2.75) is 0 Å². The van der Waals surface area contributed by atoms with Gasteiger partial charge >= 0.3 is 45.3 Å². The van der Waals surface area contributed by atoms with Gasteiger partial charge in [-0.25, -0.2) is 0 Å². The molecule has 0 heterocycles. The molecule has 0 aliphatic carbocycles. The van der Waals surface area contributed by atoms with Crippen LogP contribution in [0.5, 0.6) is 0 Å². The van der Waals surface area contributed by atoms with Crippen molar-refractivity contribution in [3.8, 4) is 0 Å². The van der Waals surface area contributed by atoms with Gasteiger partial charge in [0.15, 0.2) is 0 Å². The predicted molar refractivity (Wildman–Crippen MR) is 30.8 cm³/mol. The summed E-state index contributed by atoms with van der Waals surface area (Å²) in [5.74, 6) is 0. The standard InChI is InChI=1S/C5H5.CHO.Fe/c1-3-5-4-2;1-2;/h1-5H;1H;/q2*-1;/b5-3-;;. The van der Waals surface area contributed by atoms with Gasteiger partial charge in [0.2, 0.25) is 0 Å². The van der Waals surface area contributed by atoms with Crippen LogP contribution in [-0.4, -0.2) is 11.7 Å². The van der Waals surface area contributed by atoms with E-state index in [9.17, 15) is 0 Å². The number of hydrogen-bond acceptors (Lipinski definition) is 1. The summed E-state index contributed by atoms with van der Waals surface area (Å²) in [5, 5.41) is 0. The fourth-order valence-electron chi connectivity index (χ4n) is 0.103. The summed E-state index contributed by atoms with van der Waals surface area (Å²) < 4.78 is 0. The van der Waals surface area contributed by atoms with Crippen LogP contribution in [0.25, 0.3) is 0 Å². The minimum absolute atomic E-state index is 1.46. The van der Waals surface area contributed by atoms with E-state index in [1.165, 1.54) is 6.08 Å². The second kappa shape index (κ2) is 16.0. The van der Waals surface area contributed by atoms with Crippen molar-refractivity contribution in [1.29, 1.82) is 0 Å². The molecule has 0 atom stereocenters. The molecule has 0 aromatic heterocycles. The third-order valence-electron chi connectivity index (χ3n) is 0.290. The van der Waals surface area contributed by atoms with E-state index in [1.54, 1.807) is 17.1 Å². The van der Waals surface area contributed by atoms with Crippen molar-refractivity contribution >= 4 is 11.7 Å². The van der Waals surface area contributed by atoms with Crippen molar-refractivity contribution in [2.24, 2.45) is 0 Å². The van der Waals surface area contributed by atoms with Gasteiger partial charge in [0.05, 0.1) is 0 Å². The van der Waals surface area contributed by atoms with E-state index in [2.05, 4.69) is 22.4 Å². The van der Waals surface area contributed by atoms with E-state index in [0.717, 1.165) is 0 Å². The Morgan fingerprint density at radius 2 is 1.75 bits per heavy atom. The Kier molecular flexibility index (Phi) is 21.0. The van der Waals surface area contributed by atoms with Crippen molar-refractivity contribution in [3.05, 3.63) is 24.8 Å². The van der Waals surface area contributed by atoms with E-state index in [4.69, 9.17) is 11.4 Å². The zero-order valence-corrected chi connectivity index (χ0v) is 5.33. The second-order valence-corrected chi connectivity index (χ2v) is 1.06. The molecule has 0 saturated carbocycles. The van der Waals surface area contributed by atoms with Gasteiger partial charge in [-0.15, -0.1) is 0 Å².